The smallest absolute Gasteiger partial charge is 0.220 e. The highest BCUT2D eigenvalue weighted by Crippen LogP contribution is 2.23. The summed E-state index contributed by atoms with van der Waals surface area (Å²) in [6, 6.07) is 14.0. The molecular formula is C22H25ClN4OS. The van der Waals surface area contributed by atoms with Gasteiger partial charge in [0.2, 0.25) is 5.91 Å². The third-order valence-corrected chi connectivity index (χ3v) is 6.47. The van der Waals surface area contributed by atoms with Gasteiger partial charge in [0, 0.05) is 31.1 Å². The summed E-state index contributed by atoms with van der Waals surface area (Å²) in [5.41, 5.74) is 4.19. The van der Waals surface area contributed by atoms with E-state index in [1.165, 1.54) is 30.1 Å². The Hall–Kier alpha value is -2.02. The zero-order valence-electron chi connectivity index (χ0n) is 16.3. The van der Waals surface area contributed by atoms with Crippen molar-refractivity contribution in [2.24, 2.45) is 5.92 Å². The molecule has 0 radical (unpaired) electrons. The third-order valence-electron chi connectivity index (χ3n) is 5.54. The van der Waals surface area contributed by atoms with E-state index >= 15 is 0 Å². The maximum Gasteiger partial charge on any atom is 0.220 e. The second kappa shape index (κ2) is 9.65. The van der Waals surface area contributed by atoms with E-state index in [-0.39, 0.29) is 5.91 Å². The molecule has 1 aliphatic heterocycles. The molecule has 5 nitrogen and oxygen atoms in total. The predicted octanol–water partition coefficient (Wildman–Crippen LogP) is 4.65. The predicted molar refractivity (Wildman–Crippen MR) is 118 cm³/mol. The van der Waals surface area contributed by atoms with E-state index in [0.29, 0.717) is 23.9 Å². The van der Waals surface area contributed by atoms with E-state index in [4.69, 9.17) is 11.6 Å². The SMILES string of the molecule is O=C(CC[C@@H]1CCCN(Cc2ccc3nsnc3c2)C1)NCc1ccccc1Cl. The van der Waals surface area contributed by atoms with Crippen molar-refractivity contribution in [1.82, 2.24) is 19.0 Å². The first kappa shape index (κ1) is 20.3. The van der Waals surface area contributed by atoms with Crippen molar-refractivity contribution in [1.29, 1.82) is 0 Å². The molecule has 3 aromatic rings. The van der Waals surface area contributed by atoms with Crippen molar-refractivity contribution >= 4 is 40.3 Å². The van der Waals surface area contributed by atoms with Crippen LogP contribution in [0.25, 0.3) is 11.0 Å². The first-order chi connectivity index (χ1) is 14.2. The summed E-state index contributed by atoms with van der Waals surface area (Å²) in [5.74, 6) is 0.669. The van der Waals surface area contributed by atoms with E-state index in [1.54, 1.807) is 0 Å². The van der Waals surface area contributed by atoms with Crippen molar-refractivity contribution < 1.29 is 4.79 Å². The molecule has 29 heavy (non-hydrogen) atoms. The van der Waals surface area contributed by atoms with Crippen LogP contribution < -0.4 is 5.32 Å². The molecule has 1 fully saturated rings. The van der Waals surface area contributed by atoms with Crippen molar-refractivity contribution in [3.05, 3.63) is 58.6 Å². The van der Waals surface area contributed by atoms with Gasteiger partial charge in [-0.3, -0.25) is 9.69 Å². The number of nitrogens with zero attached hydrogens (tertiary/aromatic N) is 3. The molecule has 1 saturated heterocycles. The van der Waals surface area contributed by atoms with Gasteiger partial charge in [-0.1, -0.05) is 35.9 Å². The molecule has 4 rings (SSSR count). The van der Waals surface area contributed by atoms with E-state index in [9.17, 15) is 4.79 Å². The molecule has 1 aliphatic rings. The van der Waals surface area contributed by atoms with Gasteiger partial charge in [0.05, 0.1) is 11.7 Å². The van der Waals surface area contributed by atoms with Crippen LogP contribution in [0.2, 0.25) is 5.02 Å². The molecule has 0 unspecified atom stereocenters. The lowest BCUT2D eigenvalue weighted by Gasteiger charge is -2.32. The van der Waals surface area contributed by atoms with Crippen LogP contribution in [0.15, 0.2) is 42.5 Å². The number of rotatable bonds is 7. The first-order valence-corrected chi connectivity index (χ1v) is 11.2. The van der Waals surface area contributed by atoms with Crippen molar-refractivity contribution in [3.63, 3.8) is 0 Å². The number of halogens is 1. The Morgan fingerprint density at radius 2 is 2.07 bits per heavy atom. The van der Waals surface area contributed by atoms with Gasteiger partial charge in [-0.2, -0.15) is 8.75 Å². The molecule has 2 aromatic carbocycles. The molecule has 152 valence electrons. The number of amides is 1. The van der Waals surface area contributed by atoms with Crippen LogP contribution in [0, 0.1) is 5.92 Å². The van der Waals surface area contributed by atoms with Crippen LogP contribution in [-0.2, 0) is 17.9 Å². The monoisotopic (exact) mass is 428 g/mol. The van der Waals surface area contributed by atoms with Crippen molar-refractivity contribution in [3.8, 4) is 0 Å². The minimum Gasteiger partial charge on any atom is -0.352 e. The fourth-order valence-corrected chi connectivity index (χ4v) is 4.69. The van der Waals surface area contributed by atoms with Crippen molar-refractivity contribution in [2.45, 2.75) is 38.8 Å². The van der Waals surface area contributed by atoms with E-state index in [1.807, 2.05) is 24.3 Å². The van der Waals surface area contributed by atoms with Gasteiger partial charge >= 0.3 is 0 Å². The Labute approximate surface area is 180 Å². The molecule has 7 heteroatoms. The Morgan fingerprint density at radius 1 is 1.21 bits per heavy atom. The number of carbonyl (C=O) groups excluding carboxylic acids is 1. The highest BCUT2D eigenvalue weighted by atomic mass is 35.5. The molecule has 2 heterocycles. The summed E-state index contributed by atoms with van der Waals surface area (Å²) in [7, 11) is 0. The second-order valence-corrected chi connectivity index (χ2v) is 8.67. The fraction of sp³-hybridized carbons (Fsp3) is 0.409. The van der Waals surface area contributed by atoms with Crippen LogP contribution >= 0.6 is 23.3 Å². The van der Waals surface area contributed by atoms with E-state index < -0.39 is 0 Å². The summed E-state index contributed by atoms with van der Waals surface area (Å²) in [4.78, 5) is 14.8. The number of hydrogen-bond donors (Lipinski definition) is 1. The third kappa shape index (κ3) is 5.53. The van der Waals surface area contributed by atoms with Crippen LogP contribution in [0.1, 0.15) is 36.8 Å². The molecule has 1 N–H and O–H groups in total. The number of benzene rings is 2. The number of aromatic nitrogens is 2. The summed E-state index contributed by atoms with van der Waals surface area (Å²) in [6.07, 6.45) is 3.88. The van der Waals surface area contributed by atoms with Crippen LogP contribution in [-0.4, -0.2) is 32.6 Å². The highest BCUT2D eigenvalue weighted by molar-refractivity contribution is 7.00. The quantitative estimate of drug-likeness (QED) is 0.594. The minimum atomic E-state index is 0.100. The number of likely N-dealkylation sites (tertiary alicyclic amines) is 1. The van der Waals surface area contributed by atoms with Crippen LogP contribution in [0.4, 0.5) is 0 Å². The van der Waals surface area contributed by atoms with Crippen LogP contribution in [0.3, 0.4) is 0 Å². The lowest BCUT2D eigenvalue weighted by molar-refractivity contribution is -0.121. The zero-order valence-corrected chi connectivity index (χ0v) is 17.9. The molecule has 1 atom stereocenters. The summed E-state index contributed by atoms with van der Waals surface area (Å²) in [6.45, 7) is 3.58. The van der Waals surface area contributed by atoms with Gasteiger partial charge in [0.25, 0.3) is 0 Å². The van der Waals surface area contributed by atoms with Gasteiger partial charge in [0.1, 0.15) is 11.0 Å². The molecule has 0 bridgehead atoms. The fourth-order valence-electron chi connectivity index (χ4n) is 3.97. The van der Waals surface area contributed by atoms with Gasteiger partial charge in [0.15, 0.2) is 0 Å². The number of piperidine rings is 1. The largest absolute Gasteiger partial charge is 0.352 e. The minimum absolute atomic E-state index is 0.100. The Balaban J connectivity index is 1.23. The average Bonchev–Trinajstić information content (AvgIpc) is 3.20. The normalized spacial score (nSPS) is 17.5. The molecule has 0 aliphatic carbocycles. The van der Waals surface area contributed by atoms with Gasteiger partial charge in [-0.25, -0.2) is 0 Å². The molecule has 1 amide bonds. The lowest BCUT2D eigenvalue weighted by Crippen LogP contribution is -2.35. The summed E-state index contributed by atoms with van der Waals surface area (Å²) >= 11 is 7.41. The molecule has 0 spiro atoms. The number of hydrogen-bond acceptors (Lipinski definition) is 5. The Morgan fingerprint density at radius 3 is 2.97 bits per heavy atom. The van der Waals surface area contributed by atoms with Crippen molar-refractivity contribution in [2.75, 3.05) is 13.1 Å². The second-order valence-electron chi connectivity index (χ2n) is 7.74. The number of carbonyl (C=O) groups is 1. The standard InChI is InChI=1S/C22H25ClN4OS/c23-19-6-2-1-5-18(19)13-24-22(28)10-8-16-4-3-11-27(14-16)15-17-7-9-20-21(12-17)26-29-25-20/h1-2,5-7,9,12,16H,3-4,8,10-11,13-15H2,(H,24,28)/t16-/m0/s1. The Bertz CT molecular complexity index is 976. The topological polar surface area (TPSA) is 58.1 Å². The molecule has 0 saturated carbocycles. The number of fused-ring (bicyclic) bond motifs is 1. The van der Waals surface area contributed by atoms with Crippen LogP contribution in [0.5, 0.6) is 0 Å². The van der Waals surface area contributed by atoms with E-state index in [0.717, 1.165) is 42.7 Å². The summed E-state index contributed by atoms with van der Waals surface area (Å²) < 4.78 is 8.61. The Kier molecular flexibility index (Phi) is 6.74. The van der Waals surface area contributed by atoms with Gasteiger partial charge < -0.3 is 5.32 Å². The average molecular weight is 429 g/mol. The van der Waals surface area contributed by atoms with E-state index in [2.05, 4.69) is 37.2 Å². The van der Waals surface area contributed by atoms with Gasteiger partial charge in [-0.15, -0.1) is 0 Å². The highest BCUT2D eigenvalue weighted by Gasteiger charge is 2.21. The maximum absolute atomic E-state index is 12.3. The summed E-state index contributed by atoms with van der Waals surface area (Å²) in [5, 5.41) is 3.69. The molecule has 1 aromatic heterocycles. The number of nitrogens with one attached hydrogen (secondary N) is 1. The van der Waals surface area contributed by atoms with Gasteiger partial charge in [-0.05, 0) is 61.1 Å². The maximum atomic E-state index is 12.3. The first-order valence-electron chi connectivity index (χ1n) is 10.1. The lowest BCUT2D eigenvalue weighted by atomic mass is 9.93. The molecular weight excluding hydrogens is 404 g/mol. The zero-order chi connectivity index (χ0) is 20.1.